The second-order valence-electron chi connectivity index (χ2n) is 1.94. The highest BCUT2D eigenvalue weighted by Crippen LogP contribution is 1.95. The van der Waals surface area contributed by atoms with E-state index in [0.29, 0.717) is 5.57 Å². The van der Waals surface area contributed by atoms with Crippen LogP contribution in [0.4, 0.5) is 0 Å². The molecule has 0 fully saturated rings. The number of rotatable bonds is 4. The number of carbonyl (C=O) groups excluding carboxylic acids is 1. The first-order chi connectivity index (χ1) is 5.22. The van der Waals surface area contributed by atoms with Crippen molar-refractivity contribution >= 4 is 5.97 Å². The molecule has 0 aliphatic carbocycles. The standard InChI is InChI=1S/C8H12O3/c1-3-4-7(2)8(10)11-6-5-9/h3-4,9H,1,5-6H2,2H3/b7-4+. The molecular weight excluding hydrogens is 144 g/mol. The summed E-state index contributed by atoms with van der Waals surface area (Å²) in [5.41, 5.74) is 0.480. The van der Waals surface area contributed by atoms with Crippen LogP contribution in [0.5, 0.6) is 0 Å². The maximum absolute atomic E-state index is 10.8. The Labute approximate surface area is 66.0 Å². The largest absolute Gasteiger partial charge is 0.460 e. The molecule has 0 saturated carbocycles. The lowest BCUT2D eigenvalue weighted by molar-refractivity contribution is -0.139. The molecule has 3 heteroatoms. The van der Waals surface area contributed by atoms with Gasteiger partial charge in [0, 0.05) is 5.57 Å². The number of hydrogen-bond acceptors (Lipinski definition) is 3. The number of aliphatic hydroxyl groups is 1. The topological polar surface area (TPSA) is 46.5 Å². The lowest BCUT2D eigenvalue weighted by Crippen LogP contribution is -2.08. The number of esters is 1. The smallest absolute Gasteiger partial charge is 0.333 e. The number of allylic oxidation sites excluding steroid dienone is 2. The van der Waals surface area contributed by atoms with Crippen LogP contribution in [0.1, 0.15) is 6.92 Å². The molecule has 0 rings (SSSR count). The SMILES string of the molecule is C=C/C=C(\C)C(=O)OCCO. The molecule has 0 aliphatic heterocycles. The Balaban J connectivity index is 3.82. The molecule has 0 aromatic rings. The van der Waals surface area contributed by atoms with Crippen LogP contribution in [-0.4, -0.2) is 24.3 Å². The third-order valence-corrected chi connectivity index (χ3v) is 1.01. The van der Waals surface area contributed by atoms with Crippen LogP contribution >= 0.6 is 0 Å². The van der Waals surface area contributed by atoms with E-state index in [4.69, 9.17) is 5.11 Å². The second kappa shape index (κ2) is 5.68. The van der Waals surface area contributed by atoms with Crippen molar-refractivity contribution in [1.29, 1.82) is 0 Å². The van der Waals surface area contributed by atoms with Crippen LogP contribution in [-0.2, 0) is 9.53 Å². The lowest BCUT2D eigenvalue weighted by atomic mass is 10.3. The van der Waals surface area contributed by atoms with E-state index >= 15 is 0 Å². The summed E-state index contributed by atoms with van der Waals surface area (Å²) in [5, 5.41) is 8.31. The minimum atomic E-state index is -0.418. The fraction of sp³-hybridized carbons (Fsp3) is 0.375. The maximum Gasteiger partial charge on any atom is 0.333 e. The molecule has 0 amide bonds. The molecule has 0 spiro atoms. The zero-order chi connectivity index (χ0) is 8.69. The van der Waals surface area contributed by atoms with Crippen molar-refractivity contribution in [3.63, 3.8) is 0 Å². The van der Waals surface area contributed by atoms with Crippen molar-refractivity contribution in [3.05, 3.63) is 24.3 Å². The van der Waals surface area contributed by atoms with E-state index in [1.807, 2.05) is 0 Å². The van der Waals surface area contributed by atoms with Gasteiger partial charge in [-0.25, -0.2) is 4.79 Å². The van der Waals surface area contributed by atoms with Gasteiger partial charge in [0.1, 0.15) is 6.61 Å². The van der Waals surface area contributed by atoms with Gasteiger partial charge in [-0.05, 0) is 6.92 Å². The van der Waals surface area contributed by atoms with E-state index in [2.05, 4.69) is 11.3 Å². The first-order valence-electron chi connectivity index (χ1n) is 3.29. The first kappa shape index (κ1) is 9.91. The zero-order valence-corrected chi connectivity index (χ0v) is 6.54. The molecule has 0 aliphatic rings. The highest BCUT2D eigenvalue weighted by atomic mass is 16.5. The van der Waals surface area contributed by atoms with Gasteiger partial charge < -0.3 is 9.84 Å². The fourth-order valence-electron chi connectivity index (χ4n) is 0.497. The van der Waals surface area contributed by atoms with Gasteiger partial charge in [-0.1, -0.05) is 18.7 Å². The quantitative estimate of drug-likeness (QED) is 0.369. The van der Waals surface area contributed by atoms with E-state index in [1.54, 1.807) is 13.0 Å². The van der Waals surface area contributed by atoms with Crippen LogP contribution in [0.15, 0.2) is 24.3 Å². The van der Waals surface area contributed by atoms with E-state index < -0.39 is 5.97 Å². The van der Waals surface area contributed by atoms with Gasteiger partial charge in [0.2, 0.25) is 0 Å². The van der Waals surface area contributed by atoms with Crippen LogP contribution < -0.4 is 0 Å². The summed E-state index contributed by atoms with van der Waals surface area (Å²) in [6, 6.07) is 0. The predicted octanol–water partition coefficient (Wildman–Crippen LogP) is 0.654. The Hall–Kier alpha value is -1.09. The second-order valence-corrected chi connectivity index (χ2v) is 1.94. The molecule has 0 heterocycles. The molecule has 1 N–H and O–H groups in total. The number of hydrogen-bond donors (Lipinski definition) is 1. The minimum absolute atomic E-state index is 0.0428. The van der Waals surface area contributed by atoms with E-state index in [-0.39, 0.29) is 13.2 Å². The molecule has 11 heavy (non-hydrogen) atoms. The Morgan fingerprint density at radius 2 is 2.36 bits per heavy atom. The first-order valence-corrected chi connectivity index (χ1v) is 3.29. The van der Waals surface area contributed by atoms with Crippen molar-refractivity contribution in [2.45, 2.75) is 6.92 Å². The van der Waals surface area contributed by atoms with Crippen molar-refractivity contribution in [3.8, 4) is 0 Å². The van der Waals surface area contributed by atoms with E-state index in [1.165, 1.54) is 6.08 Å². The van der Waals surface area contributed by atoms with Gasteiger partial charge in [-0.3, -0.25) is 0 Å². The number of aliphatic hydroxyl groups excluding tert-OH is 1. The summed E-state index contributed by atoms with van der Waals surface area (Å²) >= 11 is 0. The third-order valence-electron chi connectivity index (χ3n) is 1.01. The van der Waals surface area contributed by atoms with Gasteiger partial charge >= 0.3 is 5.97 Å². The van der Waals surface area contributed by atoms with E-state index in [0.717, 1.165) is 0 Å². The maximum atomic E-state index is 10.8. The molecule has 0 bridgehead atoms. The van der Waals surface area contributed by atoms with Crippen molar-refractivity contribution in [1.82, 2.24) is 0 Å². The van der Waals surface area contributed by atoms with Gasteiger partial charge in [0.25, 0.3) is 0 Å². The van der Waals surface area contributed by atoms with Crippen molar-refractivity contribution in [2.75, 3.05) is 13.2 Å². The predicted molar refractivity (Wildman–Crippen MR) is 42.0 cm³/mol. The van der Waals surface area contributed by atoms with Crippen molar-refractivity contribution < 1.29 is 14.6 Å². The highest BCUT2D eigenvalue weighted by molar-refractivity contribution is 5.88. The zero-order valence-electron chi connectivity index (χ0n) is 6.54. The normalized spacial score (nSPS) is 10.9. The minimum Gasteiger partial charge on any atom is -0.460 e. The Bertz CT molecular complexity index is 170. The Morgan fingerprint density at radius 3 is 2.82 bits per heavy atom. The van der Waals surface area contributed by atoms with Gasteiger partial charge in [0.05, 0.1) is 6.61 Å². The number of carbonyl (C=O) groups is 1. The summed E-state index contributed by atoms with van der Waals surface area (Å²) in [6.45, 7) is 4.95. The molecule has 0 atom stereocenters. The molecule has 3 nitrogen and oxygen atoms in total. The molecule has 0 unspecified atom stereocenters. The summed E-state index contributed by atoms with van der Waals surface area (Å²) in [6.07, 6.45) is 3.06. The van der Waals surface area contributed by atoms with Gasteiger partial charge in [-0.2, -0.15) is 0 Å². The fourth-order valence-corrected chi connectivity index (χ4v) is 0.497. The monoisotopic (exact) mass is 156 g/mol. The van der Waals surface area contributed by atoms with Crippen LogP contribution in [0.25, 0.3) is 0 Å². The summed E-state index contributed by atoms with van der Waals surface area (Å²) in [4.78, 5) is 10.8. The van der Waals surface area contributed by atoms with Crippen LogP contribution in [0.2, 0.25) is 0 Å². The Morgan fingerprint density at radius 1 is 1.73 bits per heavy atom. The molecule has 0 aromatic heterocycles. The van der Waals surface area contributed by atoms with Gasteiger partial charge in [0.15, 0.2) is 0 Å². The third kappa shape index (κ3) is 4.33. The van der Waals surface area contributed by atoms with Crippen molar-refractivity contribution in [2.24, 2.45) is 0 Å². The summed E-state index contributed by atoms with van der Waals surface area (Å²) in [7, 11) is 0. The summed E-state index contributed by atoms with van der Waals surface area (Å²) < 4.78 is 4.60. The van der Waals surface area contributed by atoms with Crippen LogP contribution in [0, 0.1) is 0 Å². The highest BCUT2D eigenvalue weighted by Gasteiger charge is 2.02. The van der Waals surface area contributed by atoms with Crippen LogP contribution in [0.3, 0.4) is 0 Å². The lowest BCUT2D eigenvalue weighted by Gasteiger charge is -2.00. The summed E-state index contributed by atoms with van der Waals surface area (Å²) in [5.74, 6) is -0.418. The molecule has 0 radical (unpaired) electrons. The average Bonchev–Trinajstić information content (AvgIpc) is 2.00. The molecule has 0 aromatic carbocycles. The average molecular weight is 156 g/mol. The van der Waals surface area contributed by atoms with E-state index in [9.17, 15) is 4.79 Å². The van der Waals surface area contributed by atoms with Gasteiger partial charge in [-0.15, -0.1) is 0 Å². The molecule has 0 saturated heterocycles. The molecule has 62 valence electrons. The number of ether oxygens (including phenoxy) is 1. The molecular formula is C8H12O3. The Kier molecular flexibility index (Phi) is 5.11.